The van der Waals surface area contributed by atoms with Gasteiger partial charge < -0.3 is 5.32 Å². The van der Waals surface area contributed by atoms with Crippen LogP contribution in [0.5, 0.6) is 0 Å². The Labute approximate surface area is 126 Å². The van der Waals surface area contributed by atoms with E-state index in [0.717, 1.165) is 15.7 Å². The van der Waals surface area contributed by atoms with E-state index in [1.807, 2.05) is 37.3 Å². The number of hydrogen-bond acceptors (Lipinski definition) is 2. The molecule has 1 N–H and O–H groups in total. The molecule has 4 heteroatoms. The monoisotopic (exact) mass is 334 g/mol. The van der Waals surface area contributed by atoms with Crippen LogP contribution in [-0.2, 0) is 0 Å². The van der Waals surface area contributed by atoms with Crippen LogP contribution in [0.25, 0.3) is 0 Å². The van der Waals surface area contributed by atoms with Crippen LogP contribution in [0.2, 0.25) is 5.02 Å². The molecule has 2 aromatic carbocycles. The van der Waals surface area contributed by atoms with Crippen LogP contribution in [0.4, 0.5) is 5.69 Å². The predicted octanol–water partition coefficient (Wildman–Crippen LogP) is 5.09. The zero-order valence-electron chi connectivity index (χ0n) is 10.3. The first kappa shape index (κ1) is 13.9. The molecule has 0 radical (unpaired) electrons. The summed E-state index contributed by atoms with van der Waals surface area (Å²) in [7, 11) is 0. The topological polar surface area (TPSA) is 35.8 Å². The Morgan fingerprint density at radius 3 is 2.53 bits per heavy atom. The molecular weight excluding hydrogens is 324 g/mol. The fourth-order valence-corrected chi connectivity index (χ4v) is 2.39. The van der Waals surface area contributed by atoms with Crippen LogP contribution in [0, 0.1) is 18.3 Å². The van der Waals surface area contributed by atoms with Crippen molar-refractivity contribution in [3.05, 3.63) is 63.1 Å². The van der Waals surface area contributed by atoms with Crippen molar-refractivity contribution in [1.29, 1.82) is 5.26 Å². The first-order chi connectivity index (χ1) is 9.10. The summed E-state index contributed by atoms with van der Waals surface area (Å²) in [6, 6.07) is 15.1. The van der Waals surface area contributed by atoms with Gasteiger partial charge in [0.2, 0.25) is 0 Å². The van der Waals surface area contributed by atoms with E-state index in [1.54, 1.807) is 12.1 Å². The molecule has 96 valence electrons. The van der Waals surface area contributed by atoms with Gasteiger partial charge in [-0.15, -0.1) is 0 Å². The van der Waals surface area contributed by atoms with E-state index < -0.39 is 6.04 Å². The maximum absolute atomic E-state index is 9.33. The molecule has 0 bridgehead atoms. The minimum absolute atomic E-state index is 0.448. The number of nitrogens with one attached hydrogen (secondary N) is 1. The molecule has 2 nitrogen and oxygen atoms in total. The van der Waals surface area contributed by atoms with E-state index >= 15 is 0 Å². The second kappa shape index (κ2) is 6.10. The van der Waals surface area contributed by atoms with E-state index in [9.17, 15) is 5.26 Å². The van der Waals surface area contributed by atoms with Crippen LogP contribution < -0.4 is 5.32 Å². The lowest BCUT2D eigenvalue weighted by Crippen LogP contribution is -2.09. The summed E-state index contributed by atoms with van der Waals surface area (Å²) < 4.78 is 0.864. The van der Waals surface area contributed by atoms with Gasteiger partial charge in [-0.1, -0.05) is 45.2 Å². The molecule has 0 heterocycles. The lowest BCUT2D eigenvalue weighted by Gasteiger charge is -2.15. The van der Waals surface area contributed by atoms with Crippen molar-refractivity contribution in [1.82, 2.24) is 0 Å². The van der Waals surface area contributed by atoms with Gasteiger partial charge in [0.05, 0.1) is 6.07 Å². The van der Waals surface area contributed by atoms with Gasteiger partial charge in [-0.2, -0.15) is 5.26 Å². The predicted molar refractivity (Wildman–Crippen MR) is 82.3 cm³/mol. The van der Waals surface area contributed by atoms with Gasteiger partial charge >= 0.3 is 0 Å². The van der Waals surface area contributed by atoms with Crippen molar-refractivity contribution in [2.24, 2.45) is 0 Å². The molecule has 2 aromatic rings. The molecule has 0 saturated carbocycles. The van der Waals surface area contributed by atoms with Gasteiger partial charge in [-0.05, 0) is 37.3 Å². The van der Waals surface area contributed by atoms with E-state index in [4.69, 9.17) is 11.6 Å². The SMILES string of the molecule is Cc1ccc(NC(C#N)c2cc(Cl)ccc2Br)cc1. The maximum Gasteiger partial charge on any atom is 0.141 e. The number of aryl methyl sites for hydroxylation is 1. The van der Waals surface area contributed by atoms with E-state index in [-0.39, 0.29) is 0 Å². The van der Waals surface area contributed by atoms with Crippen LogP contribution in [0.1, 0.15) is 17.2 Å². The summed E-state index contributed by atoms with van der Waals surface area (Å²) in [6.45, 7) is 2.03. The Balaban J connectivity index is 2.28. The molecular formula is C15H12BrClN2. The number of hydrogen-bond donors (Lipinski definition) is 1. The average molecular weight is 336 g/mol. The molecule has 0 aromatic heterocycles. The second-order valence-electron chi connectivity index (χ2n) is 4.24. The highest BCUT2D eigenvalue weighted by atomic mass is 79.9. The van der Waals surface area contributed by atoms with Gasteiger partial charge in [0, 0.05) is 20.7 Å². The summed E-state index contributed by atoms with van der Waals surface area (Å²) in [4.78, 5) is 0. The molecule has 0 aliphatic carbocycles. The third kappa shape index (κ3) is 3.50. The summed E-state index contributed by atoms with van der Waals surface area (Å²) in [5.41, 5.74) is 2.92. The van der Waals surface area contributed by atoms with Crippen molar-refractivity contribution < 1.29 is 0 Å². The van der Waals surface area contributed by atoms with E-state index in [1.165, 1.54) is 5.56 Å². The van der Waals surface area contributed by atoms with Gasteiger partial charge in [0.1, 0.15) is 6.04 Å². The first-order valence-corrected chi connectivity index (χ1v) is 6.95. The van der Waals surface area contributed by atoms with Crippen LogP contribution in [0.3, 0.4) is 0 Å². The van der Waals surface area contributed by atoms with Gasteiger partial charge in [0.25, 0.3) is 0 Å². The normalized spacial score (nSPS) is 11.7. The van der Waals surface area contributed by atoms with Crippen molar-refractivity contribution in [2.75, 3.05) is 5.32 Å². The first-order valence-electron chi connectivity index (χ1n) is 5.78. The largest absolute Gasteiger partial charge is 0.366 e. The Morgan fingerprint density at radius 2 is 1.89 bits per heavy atom. The number of benzene rings is 2. The minimum atomic E-state index is -0.448. The number of rotatable bonds is 3. The van der Waals surface area contributed by atoms with Crippen molar-refractivity contribution >= 4 is 33.2 Å². The van der Waals surface area contributed by atoms with Gasteiger partial charge in [-0.25, -0.2) is 0 Å². The standard InChI is InChI=1S/C15H12BrClN2/c1-10-2-5-12(6-3-10)19-15(9-18)13-8-11(17)4-7-14(13)16/h2-8,15,19H,1H3. The zero-order chi connectivity index (χ0) is 13.8. The summed E-state index contributed by atoms with van der Waals surface area (Å²) in [5, 5.41) is 13.1. The quantitative estimate of drug-likeness (QED) is 0.848. The van der Waals surface area contributed by atoms with E-state index in [2.05, 4.69) is 27.3 Å². The van der Waals surface area contributed by atoms with Crippen LogP contribution in [-0.4, -0.2) is 0 Å². The smallest absolute Gasteiger partial charge is 0.141 e. The van der Waals surface area contributed by atoms with E-state index in [0.29, 0.717) is 5.02 Å². The number of nitriles is 1. The lowest BCUT2D eigenvalue weighted by molar-refractivity contribution is 0.989. The number of halogens is 2. The van der Waals surface area contributed by atoms with Crippen LogP contribution >= 0.6 is 27.5 Å². The zero-order valence-corrected chi connectivity index (χ0v) is 12.7. The van der Waals surface area contributed by atoms with Crippen molar-refractivity contribution in [3.63, 3.8) is 0 Å². The maximum atomic E-state index is 9.33. The molecule has 19 heavy (non-hydrogen) atoms. The average Bonchev–Trinajstić information content (AvgIpc) is 2.41. The molecule has 1 unspecified atom stereocenters. The third-order valence-electron chi connectivity index (χ3n) is 2.76. The number of nitrogens with zero attached hydrogens (tertiary/aromatic N) is 1. The molecule has 0 spiro atoms. The fraction of sp³-hybridized carbons (Fsp3) is 0.133. The Bertz CT molecular complexity index is 617. The molecule has 0 aliphatic heterocycles. The molecule has 2 rings (SSSR count). The van der Waals surface area contributed by atoms with Crippen LogP contribution in [0.15, 0.2) is 46.9 Å². The van der Waals surface area contributed by atoms with Crippen molar-refractivity contribution in [2.45, 2.75) is 13.0 Å². The molecule has 0 saturated heterocycles. The Morgan fingerprint density at radius 1 is 1.21 bits per heavy atom. The van der Waals surface area contributed by atoms with Gasteiger partial charge in [-0.3, -0.25) is 0 Å². The second-order valence-corrected chi connectivity index (χ2v) is 5.53. The number of anilines is 1. The highest BCUT2D eigenvalue weighted by molar-refractivity contribution is 9.10. The molecule has 1 atom stereocenters. The fourth-order valence-electron chi connectivity index (χ4n) is 1.73. The minimum Gasteiger partial charge on any atom is -0.366 e. The summed E-state index contributed by atoms with van der Waals surface area (Å²) >= 11 is 9.43. The third-order valence-corrected chi connectivity index (χ3v) is 3.72. The lowest BCUT2D eigenvalue weighted by atomic mass is 10.1. The molecule has 0 fully saturated rings. The molecule has 0 aliphatic rings. The summed E-state index contributed by atoms with van der Waals surface area (Å²) in [6.07, 6.45) is 0. The Kier molecular flexibility index (Phi) is 4.47. The van der Waals surface area contributed by atoms with Gasteiger partial charge in [0.15, 0.2) is 0 Å². The summed E-state index contributed by atoms with van der Waals surface area (Å²) in [5.74, 6) is 0. The molecule has 0 amide bonds. The van der Waals surface area contributed by atoms with Crippen molar-refractivity contribution in [3.8, 4) is 6.07 Å². The highest BCUT2D eigenvalue weighted by Gasteiger charge is 2.14. The highest BCUT2D eigenvalue weighted by Crippen LogP contribution is 2.28. The Hall–Kier alpha value is -1.50.